The van der Waals surface area contributed by atoms with Gasteiger partial charge in [-0.25, -0.2) is 0 Å². The molecule has 1 aromatic carbocycles. The molecule has 1 aromatic rings. The molecular weight excluding hydrogens is 304 g/mol. The third-order valence-electron chi connectivity index (χ3n) is 5.28. The first kappa shape index (κ1) is 17.2. The fraction of sp³-hybridized carbons (Fsp3) is 0.632. The molecule has 5 nitrogen and oxygen atoms in total. The van der Waals surface area contributed by atoms with Crippen molar-refractivity contribution in [2.45, 2.75) is 31.8 Å². The van der Waals surface area contributed by atoms with Crippen molar-refractivity contribution in [2.24, 2.45) is 5.92 Å². The van der Waals surface area contributed by atoms with Crippen molar-refractivity contribution in [3.8, 4) is 5.75 Å². The standard InChI is InChI=1S/C19H28N2O3/c1-3-15(22)13-20-8-10-21(11-9-20)19(23)18-12-17(18)14-4-6-16(24-2)7-5-14/h4-7,15,17-18,22H,3,8-13H2,1-2H3/t15-,17-,18-/m0/s1. The summed E-state index contributed by atoms with van der Waals surface area (Å²) in [7, 11) is 1.66. The molecule has 0 spiro atoms. The summed E-state index contributed by atoms with van der Waals surface area (Å²) >= 11 is 0. The Morgan fingerprint density at radius 3 is 2.50 bits per heavy atom. The number of carbonyl (C=O) groups is 1. The number of ether oxygens (including phenoxy) is 1. The van der Waals surface area contributed by atoms with Crippen LogP contribution in [0, 0.1) is 5.92 Å². The quantitative estimate of drug-likeness (QED) is 0.862. The lowest BCUT2D eigenvalue weighted by Gasteiger charge is -2.35. The van der Waals surface area contributed by atoms with Crippen LogP contribution in [-0.4, -0.2) is 66.8 Å². The molecule has 24 heavy (non-hydrogen) atoms. The maximum atomic E-state index is 12.7. The van der Waals surface area contributed by atoms with Gasteiger partial charge in [-0.15, -0.1) is 0 Å². The maximum Gasteiger partial charge on any atom is 0.226 e. The molecule has 1 heterocycles. The summed E-state index contributed by atoms with van der Waals surface area (Å²) in [5.74, 6) is 1.66. The third kappa shape index (κ3) is 3.90. The van der Waals surface area contributed by atoms with Crippen LogP contribution < -0.4 is 4.74 Å². The van der Waals surface area contributed by atoms with Crippen LogP contribution in [0.15, 0.2) is 24.3 Å². The molecule has 1 saturated carbocycles. The van der Waals surface area contributed by atoms with Crippen LogP contribution in [0.25, 0.3) is 0 Å². The van der Waals surface area contributed by atoms with E-state index in [1.165, 1.54) is 5.56 Å². The molecule has 1 amide bonds. The van der Waals surface area contributed by atoms with Crippen molar-refractivity contribution in [1.82, 2.24) is 9.80 Å². The highest BCUT2D eigenvalue weighted by Gasteiger charge is 2.46. The van der Waals surface area contributed by atoms with Crippen molar-refractivity contribution in [3.05, 3.63) is 29.8 Å². The molecule has 1 saturated heterocycles. The number of piperazine rings is 1. The molecule has 3 rings (SSSR count). The van der Waals surface area contributed by atoms with Crippen LogP contribution in [0.3, 0.4) is 0 Å². The number of hydrogen-bond donors (Lipinski definition) is 1. The minimum atomic E-state index is -0.255. The molecule has 0 bridgehead atoms. The van der Waals surface area contributed by atoms with E-state index in [0.29, 0.717) is 11.8 Å². The summed E-state index contributed by atoms with van der Waals surface area (Å²) in [6.07, 6.45) is 1.49. The summed E-state index contributed by atoms with van der Waals surface area (Å²) < 4.78 is 5.19. The first-order valence-corrected chi connectivity index (χ1v) is 8.95. The number of nitrogens with zero attached hydrogens (tertiary/aromatic N) is 2. The maximum absolute atomic E-state index is 12.7. The van der Waals surface area contributed by atoms with Gasteiger partial charge in [-0.3, -0.25) is 9.69 Å². The van der Waals surface area contributed by atoms with E-state index in [1.54, 1.807) is 7.11 Å². The minimum Gasteiger partial charge on any atom is -0.497 e. The number of benzene rings is 1. The van der Waals surface area contributed by atoms with Crippen molar-refractivity contribution in [2.75, 3.05) is 39.8 Å². The van der Waals surface area contributed by atoms with Crippen molar-refractivity contribution in [3.63, 3.8) is 0 Å². The van der Waals surface area contributed by atoms with Gasteiger partial charge in [-0.2, -0.15) is 0 Å². The monoisotopic (exact) mass is 332 g/mol. The average molecular weight is 332 g/mol. The second-order valence-corrected chi connectivity index (χ2v) is 6.91. The Labute approximate surface area is 144 Å². The summed E-state index contributed by atoms with van der Waals surface area (Å²) in [6.45, 7) is 6.00. The number of aliphatic hydroxyl groups is 1. The molecule has 1 N–H and O–H groups in total. The summed E-state index contributed by atoms with van der Waals surface area (Å²) in [4.78, 5) is 16.9. The van der Waals surface area contributed by atoms with E-state index < -0.39 is 0 Å². The van der Waals surface area contributed by atoms with Gasteiger partial charge in [0.25, 0.3) is 0 Å². The SMILES string of the molecule is CC[C@H](O)CN1CCN(C(=O)[C@H]2C[C@H]2c2ccc(OC)cc2)CC1. The van der Waals surface area contributed by atoms with Gasteiger partial charge < -0.3 is 14.7 Å². The van der Waals surface area contributed by atoms with E-state index in [2.05, 4.69) is 17.0 Å². The summed E-state index contributed by atoms with van der Waals surface area (Å²) in [5.41, 5.74) is 1.24. The van der Waals surface area contributed by atoms with Crippen LogP contribution in [0.5, 0.6) is 5.75 Å². The highest BCUT2D eigenvalue weighted by molar-refractivity contribution is 5.83. The second-order valence-electron chi connectivity index (χ2n) is 6.91. The van der Waals surface area contributed by atoms with Crippen molar-refractivity contribution in [1.29, 1.82) is 0 Å². The lowest BCUT2D eigenvalue weighted by atomic mass is 10.1. The Hall–Kier alpha value is -1.59. The van der Waals surface area contributed by atoms with Gasteiger partial charge in [-0.1, -0.05) is 19.1 Å². The number of amides is 1. The predicted octanol–water partition coefficient (Wildman–Crippen LogP) is 1.71. The number of methoxy groups -OCH3 is 1. The average Bonchev–Trinajstić information content (AvgIpc) is 3.42. The third-order valence-corrected chi connectivity index (χ3v) is 5.28. The molecule has 0 unspecified atom stereocenters. The van der Waals surface area contributed by atoms with Gasteiger partial charge in [0.1, 0.15) is 5.75 Å². The van der Waals surface area contributed by atoms with Crippen LogP contribution in [0.2, 0.25) is 0 Å². The van der Waals surface area contributed by atoms with E-state index >= 15 is 0 Å². The van der Waals surface area contributed by atoms with Crippen molar-refractivity contribution >= 4 is 5.91 Å². The minimum absolute atomic E-state index is 0.145. The van der Waals surface area contributed by atoms with E-state index in [1.807, 2.05) is 24.0 Å². The zero-order valence-corrected chi connectivity index (χ0v) is 14.6. The Balaban J connectivity index is 1.48. The van der Waals surface area contributed by atoms with Gasteiger partial charge in [0.2, 0.25) is 5.91 Å². The highest BCUT2D eigenvalue weighted by atomic mass is 16.5. The molecular formula is C19H28N2O3. The topological polar surface area (TPSA) is 53.0 Å². The second kappa shape index (κ2) is 7.53. The molecule has 2 fully saturated rings. The van der Waals surface area contributed by atoms with Gasteiger partial charge in [0.15, 0.2) is 0 Å². The molecule has 2 aliphatic rings. The molecule has 3 atom stereocenters. The van der Waals surface area contributed by atoms with Gasteiger partial charge in [0.05, 0.1) is 13.2 Å². The zero-order valence-electron chi connectivity index (χ0n) is 14.6. The van der Waals surface area contributed by atoms with Crippen molar-refractivity contribution < 1.29 is 14.6 Å². The highest BCUT2D eigenvalue weighted by Crippen LogP contribution is 2.48. The Morgan fingerprint density at radius 1 is 1.25 bits per heavy atom. The molecule has 0 radical (unpaired) electrons. The molecule has 0 aromatic heterocycles. The van der Waals surface area contributed by atoms with E-state index in [0.717, 1.165) is 51.3 Å². The predicted molar refractivity (Wildman–Crippen MR) is 93.2 cm³/mol. The number of carbonyl (C=O) groups excluding carboxylic acids is 1. The van der Waals surface area contributed by atoms with E-state index in [9.17, 15) is 9.90 Å². The fourth-order valence-corrected chi connectivity index (χ4v) is 3.50. The van der Waals surface area contributed by atoms with Gasteiger partial charge >= 0.3 is 0 Å². The normalized spacial score (nSPS) is 25.4. The first-order chi connectivity index (χ1) is 11.6. The number of aliphatic hydroxyl groups excluding tert-OH is 1. The number of hydrogen-bond acceptors (Lipinski definition) is 4. The van der Waals surface area contributed by atoms with Crippen LogP contribution in [0.4, 0.5) is 0 Å². The Morgan fingerprint density at radius 2 is 1.92 bits per heavy atom. The molecule has 132 valence electrons. The molecule has 1 aliphatic carbocycles. The summed E-state index contributed by atoms with van der Waals surface area (Å²) in [5, 5.41) is 9.75. The van der Waals surface area contributed by atoms with Crippen LogP contribution in [-0.2, 0) is 4.79 Å². The lowest BCUT2D eigenvalue weighted by molar-refractivity contribution is -0.134. The number of β-amino-alcohol motifs (C(OH)–C–C–N with tert-alkyl or cyclic N) is 1. The fourth-order valence-electron chi connectivity index (χ4n) is 3.50. The Bertz CT molecular complexity index is 552. The van der Waals surface area contributed by atoms with Gasteiger partial charge in [-0.05, 0) is 36.5 Å². The summed E-state index contributed by atoms with van der Waals surface area (Å²) in [6, 6.07) is 8.07. The zero-order chi connectivity index (χ0) is 17.1. The largest absolute Gasteiger partial charge is 0.497 e. The van der Waals surface area contributed by atoms with Crippen LogP contribution in [0.1, 0.15) is 31.2 Å². The van der Waals surface area contributed by atoms with E-state index in [-0.39, 0.29) is 12.0 Å². The Kier molecular flexibility index (Phi) is 5.41. The first-order valence-electron chi connectivity index (χ1n) is 8.95. The van der Waals surface area contributed by atoms with Gasteiger partial charge in [0, 0.05) is 38.6 Å². The molecule has 1 aliphatic heterocycles. The smallest absolute Gasteiger partial charge is 0.226 e. The number of rotatable bonds is 6. The van der Waals surface area contributed by atoms with Crippen LogP contribution >= 0.6 is 0 Å². The van der Waals surface area contributed by atoms with E-state index in [4.69, 9.17) is 4.74 Å². The lowest BCUT2D eigenvalue weighted by Crippen LogP contribution is -2.50. The molecule has 5 heteroatoms.